The molecule has 1 aliphatic carbocycles. The number of aliphatic hydroxyl groups is 2. The van der Waals surface area contributed by atoms with Crippen molar-refractivity contribution in [3.8, 4) is 5.75 Å². The summed E-state index contributed by atoms with van der Waals surface area (Å²) in [5.74, 6) is 1.29. The van der Waals surface area contributed by atoms with Crippen LogP contribution in [0.5, 0.6) is 5.75 Å². The number of hydrogen-bond acceptors (Lipinski definition) is 4. The highest BCUT2D eigenvalue weighted by molar-refractivity contribution is 5.30. The van der Waals surface area contributed by atoms with Crippen LogP contribution in [0.4, 0.5) is 0 Å². The van der Waals surface area contributed by atoms with E-state index in [4.69, 9.17) is 10.5 Å². The summed E-state index contributed by atoms with van der Waals surface area (Å²) in [4.78, 5) is 0. The Morgan fingerprint density at radius 3 is 2.67 bits per heavy atom. The van der Waals surface area contributed by atoms with Crippen molar-refractivity contribution in [3.05, 3.63) is 29.8 Å². The van der Waals surface area contributed by atoms with E-state index < -0.39 is 6.10 Å². The first-order valence-electron chi connectivity index (χ1n) is 7.93. The molecular weight excluding hydrogens is 266 g/mol. The molecule has 1 aromatic carbocycles. The number of benzene rings is 1. The van der Waals surface area contributed by atoms with Gasteiger partial charge in [0.05, 0.1) is 18.3 Å². The minimum absolute atomic E-state index is 0.124. The first-order chi connectivity index (χ1) is 10.1. The van der Waals surface area contributed by atoms with Crippen LogP contribution in [0.2, 0.25) is 0 Å². The highest BCUT2D eigenvalue weighted by atomic mass is 16.5. The molecule has 2 rings (SSSR count). The zero-order valence-electron chi connectivity index (χ0n) is 12.7. The molecule has 0 saturated heterocycles. The second-order valence-corrected chi connectivity index (χ2v) is 6.06. The van der Waals surface area contributed by atoms with Crippen molar-refractivity contribution >= 4 is 0 Å². The van der Waals surface area contributed by atoms with Crippen LogP contribution in [0.1, 0.15) is 50.7 Å². The van der Waals surface area contributed by atoms with Gasteiger partial charge in [-0.1, -0.05) is 12.1 Å². The zero-order valence-corrected chi connectivity index (χ0v) is 12.7. The van der Waals surface area contributed by atoms with Gasteiger partial charge < -0.3 is 20.7 Å². The van der Waals surface area contributed by atoms with Crippen LogP contribution < -0.4 is 10.5 Å². The van der Waals surface area contributed by atoms with Crippen molar-refractivity contribution < 1.29 is 14.9 Å². The molecular formula is C17H27NO3. The topological polar surface area (TPSA) is 75.7 Å². The summed E-state index contributed by atoms with van der Waals surface area (Å²) in [5, 5.41) is 19.6. The summed E-state index contributed by atoms with van der Waals surface area (Å²) in [6.45, 7) is 2.55. The van der Waals surface area contributed by atoms with Crippen molar-refractivity contribution in [1.29, 1.82) is 0 Å². The quantitative estimate of drug-likeness (QED) is 0.753. The lowest BCUT2D eigenvalue weighted by Crippen LogP contribution is -2.29. The first kappa shape index (κ1) is 16.3. The second kappa shape index (κ2) is 7.78. The maximum Gasteiger partial charge on any atom is 0.120 e. The number of ether oxygens (including phenoxy) is 1. The summed E-state index contributed by atoms with van der Waals surface area (Å²) in [6.07, 6.45) is 3.78. The van der Waals surface area contributed by atoms with E-state index in [1.807, 2.05) is 24.3 Å². The Morgan fingerprint density at radius 2 is 2.00 bits per heavy atom. The highest BCUT2D eigenvalue weighted by Crippen LogP contribution is 2.30. The molecule has 0 aromatic heterocycles. The van der Waals surface area contributed by atoms with Gasteiger partial charge in [0.2, 0.25) is 0 Å². The third-order valence-electron chi connectivity index (χ3n) is 4.41. The predicted molar refractivity (Wildman–Crippen MR) is 83.1 cm³/mol. The third-order valence-corrected chi connectivity index (χ3v) is 4.41. The molecule has 4 N–H and O–H groups in total. The van der Waals surface area contributed by atoms with Crippen LogP contribution in [-0.4, -0.2) is 29.0 Å². The van der Waals surface area contributed by atoms with Gasteiger partial charge in [0.25, 0.3) is 0 Å². The van der Waals surface area contributed by atoms with E-state index in [0.29, 0.717) is 18.9 Å². The lowest BCUT2D eigenvalue weighted by molar-refractivity contribution is 0.0619. The molecule has 0 bridgehead atoms. The molecule has 1 aromatic rings. The minimum Gasteiger partial charge on any atom is -0.490 e. The minimum atomic E-state index is -0.529. The Hall–Kier alpha value is -1.10. The van der Waals surface area contributed by atoms with Crippen LogP contribution in [-0.2, 0) is 0 Å². The standard InChI is InChI=1S/C17H27NO3/c1-12(13-5-7-15(19)8-6-13)21-16-4-2-3-14(11-16)17(20)9-10-18/h2-4,11-13,15,17,19-20H,5-10,18H2,1H3/t12?,13?,15?,17-/m1/s1. The van der Waals surface area contributed by atoms with Gasteiger partial charge in [-0.2, -0.15) is 0 Å². The first-order valence-corrected chi connectivity index (χ1v) is 7.93. The SMILES string of the molecule is CC(Oc1cccc([C@H](O)CCN)c1)C1CCC(O)CC1. The average Bonchev–Trinajstić information content (AvgIpc) is 2.48. The van der Waals surface area contributed by atoms with Crippen molar-refractivity contribution in [2.45, 2.75) is 57.3 Å². The second-order valence-electron chi connectivity index (χ2n) is 6.06. The van der Waals surface area contributed by atoms with Gasteiger partial charge >= 0.3 is 0 Å². The molecule has 1 aliphatic rings. The largest absolute Gasteiger partial charge is 0.490 e. The summed E-state index contributed by atoms with van der Waals surface area (Å²) in [6, 6.07) is 7.62. The van der Waals surface area contributed by atoms with Crippen molar-refractivity contribution in [3.63, 3.8) is 0 Å². The van der Waals surface area contributed by atoms with E-state index in [2.05, 4.69) is 6.92 Å². The normalized spacial score (nSPS) is 25.3. The van der Waals surface area contributed by atoms with E-state index in [1.165, 1.54) is 0 Å². The number of hydrogen-bond donors (Lipinski definition) is 3. The van der Waals surface area contributed by atoms with Crippen molar-refractivity contribution in [2.24, 2.45) is 11.7 Å². The molecule has 118 valence electrons. The van der Waals surface area contributed by atoms with Gasteiger partial charge in [-0.15, -0.1) is 0 Å². The molecule has 0 amide bonds. The Morgan fingerprint density at radius 1 is 1.29 bits per heavy atom. The van der Waals surface area contributed by atoms with Crippen LogP contribution in [0.25, 0.3) is 0 Å². The monoisotopic (exact) mass is 293 g/mol. The number of rotatable bonds is 6. The van der Waals surface area contributed by atoms with Gasteiger partial charge in [-0.3, -0.25) is 0 Å². The maximum absolute atomic E-state index is 9.99. The molecule has 1 unspecified atom stereocenters. The fourth-order valence-electron chi connectivity index (χ4n) is 3.00. The third kappa shape index (κ3) is 4.70. The molecule has 4 heteroatoms. The fourth-order valence-corrected chi connectivity index (χ4v) is 3.00. The van der Waals surface area contributed by atoms with E-state index in [9.17, 15) is 10.2 Å². The van der Waals surface area contributed by atoms with Crippen molar-refractivity contribution in [1.82, 2.24) is 0 Å². The van der Waals surface area contributed by atoms with Gasteiger partial charge in [0, 0.05) is 0 Å². The van der Waals surface area contributed by atoms with Crippen molar-refractivity contribution in [2.75, 3.05) is 6.54 Å². The molecule has 2 atom stereocenters. The lowest BCUT2D eigenvalue weighted by Gasteiger charge is -2.30. The molecule has 4 nitrogen and oxygen atoms in total. The number of nitrogens with two attached hydrogens (primary N) is 1. The maximum atomic E-state index is 9.99. The molecule has 1 saturated carbocycles. The molecule has 21 heavy (non-hydrogen) atoms. The van der Waals surface area contributed by atoms with E-state index in [1.54, 1.807) is 0 Å². The average molecular weight is 293 g/mol. The fraction of sp³-hybridized carbons (Fsp3) is 0.647. The Labute approximate surface area is 126 Å². The van der Waals surface area contributed by atoms with Crippen LogP contribution in [0, 0.1) is 5.92 Å². The Balaban J connectivity index is 1.94. The van der Waals surface area contributed by atoms with Gasteiger partial charge in [-0.05, 0) is 69.2 Å². The smallest absolute Gasteiger partial charge is 0.120 e. The van der Waals surface area contributed by atoms with E-state index in [-0.39, 0.29) is 12.2 Å². The van der Waals surface area contributed by atoms with Gasteiger partial charge in [0.15, 0.2) is 0 Å². The Kier molecular flexibility index (Phi) is 6.03. The predicted octanol–water partition coefficient (Wildman–Crippen LogP) is 2.39. The molecule has 1 fully saturated rings. The summed E-state index contributed by atoms with van der Waals surface area (Å²) < 4.78 is 6.03. The molecule has 0 spiro atoms. The zero-order chi connectivity index (χ0) is 15.2. The van der Waals surface area contributed by atoms with E-state index >= 15 is 0 Å². The van der Waals surface area contributed by atoms with Gasteiger partial charge in [0.1, 0.15) is 5.75 Å². The van der Waals surface area contributed by atoms with Crippen LogP contribution in [0.3, 0.4) is 0 Å². The van der Waals surface area contributed by atoms with Crippen LogP contribution >= 0.6 is 0 Å². The Bertz CT molecular complexity index is 430. The molecule has 0 heterocycles. The van der Waals surface area contributed by atoms with E-state index in [0.717, 1.165) is 37.0 Å². The molecule has 0 radical (unpaired) electrons. The number of aliphatic hydroxyl groups excluding tert-OH is 2. The summed E-state index contributed by atoms with van der Waals surface area (Å²) >= 11 is 0. The van der Waals surface area contributed by atoms with Gasteiger partial charge in [-0.25, -0.2) is 0 Å². The summed E-state index contributed by atoms with van der Waals surface area (Å²) in [5.41, 5.74) is 6.33. The highest BCUT2D eigenvalue weighted by Gasteiger charge is 2.25. The molecule has 0 aliphatic heterocycles. The van der Waals surface area contributed by atoms with Crippen LogP contribution in [0.15, 0.2) is 24.3 Å². The summed E-state index contributed by atoms with van der Waals surface area (Å²) in [7, 11) is 0. The lowest BCUT2D eigenvalue weighted by atomic mass is 9.84.